The zero-order chi connectivity index (χ0) is 10.9. The van der Waals surface area contributed by atoms with Crippen molar-refractivity contribution in [2.75, 3.05) is 13.2 Å². The lowest BCUT2D eigenvalue weighted by molar-refractivity contribution is -0.241. The molecule has 1 aliphatic heterocycles. The number of rotatable bonds is 0. The molecule has 5 aliphatic carbocycles. The van der Waals surface area contributed by atoms with Crippen LogP contribution in [0.3, 0.4) is 0 Å². The first kappa shape index (κ1) is 8.48. The zero-order valence-corrected chi connectivity index (χ0v) is 9.45. The Morgan fingerprint density at radius 2 is 1.88 bits per heavy atom. The topological polar surface area (TPSA) is 51.1 Å². The van der Waals surface area contributed by atoms with Crippen molar-refractivity contribution in [3.05, 3.63) is 0 Å². The van der Waals surface area contributed by atoms with Gasteiger partial charge in [-0.25, -0.2) is 0 Å². The van der Waals surface area contributed by atoms with Gasteiger partial charge in [-0.05, 0) is 30.1 Å². The van der Waals surface area contributed by atoms with E-state index in [-0.39, 0.29) is 5.79 Å². The fraction of sp³-hybridized carbons (Fsp3) is 0.923. The van der Waals surface area contributed by atoms with Crippen LogP contribution in [0, 0.1) is 47.3 Å². The van der Waals surface area contributed by atoms with Gasteiger partial charge >= 0.3 is 0 Å². The summed E-state index contributed by atoms with van der Waals surface area (Å²) in [4.78, 5) is 0. The second-order valence-electron chi connectivity index (χ2n) is 6.76. The molecular formula is C13H15NO3. The third-order valence-corrected chi connectivity index (χ3v) is 6.97. The van der Waals surface area contributed by atoms with Gasteiger partial charge in [0.2, 0.25) is 0 Å². The maximum Gasteiger partial charge on any atom is 0.175 e. The smallest absolute Gasteiger partial charge is 0.175 e. The first-order chi connectivity index (χ1) is 8.38. The molecule has 5 saturated carbocycles. The minimum absolute atomic E-state index is 0.263. The first-order valence-electron chi connectivity index (χ1n) is 6.88. The fourth-order valence-electron chi connectivity index (χ4n) is 7.11. The number of fused-ring (bicyclic) bond motifs is 4. The van der Waals surface area contributed by atoms with Gasteiger partial charge in [-0.1, -0.05) is 5.16 Å². The number of nitrogens with zero attached hydrogens (tertiary/aromatic N) is 1. The molecule has 1 heterocycles. The lowest BCUT2D eigenvalue weighted by Gasteiger charge is -2.50. The van der Waals surface area contributed by atoms with Gasteiger partial charge < -0.3 is 14.7 Å². The van der Waals surface area contributed by atoms with Gasteiger partial charge in [-0.2, -0.15) is 0 Å². The van der Waals surface area contributed by atoms with Crippen LogP contribution < -0.4 is 0 Å². The largest absolute Gasteiger partial charge is 0.411 e. The lowest BCUT2D eigenvalue weighted by atomic mass is 9.58. The molecule has 1 saturated heterocycles. The van der Waals surface area contributed by atoms with Crippen LogP contribution >= 0.6 is 0 Å². The van der Waals surface area contributed by atoms with Crippen LogP contribution in [0.25, 0.3) is 0 Å². The molecule has 2 bridgehead atoms. The SMILES string of the molecule is ON=C1C2C3CC4C5C3C1C5C1(OCCO1)C42. The molecule has 6 rings (SSSR count). The number of hydrogen-bond acceptors (Lipinski definition) is 4. The summed E-state index contributed by atoms with van der Waals surface area (Å²) >= 11 is 0. The molecule has 6 fully saturated rings. The Balaban J connectivity index is 1.64. The second-order valence-corrected chi connectivity index (χ2v) is 6.76. The van der Waals surface area contributed by atoms with E-state index in [0.29, 0.717) is 23.7 Å². The van der Waals surface area contributed by atoms with Gasteiger partial charge in [-0.3, -0.25) is 0 Å². The van der Waals surface area contributed by atoms with Gasteiger partial charge in [0.05, 0.1) is 18.9 Å². The van der Waals surface area contributed by atoms with Gasteiger partial charge in [0.15, 0.2) is 5.79 Å². The van der Waals surface area contributed by atoms with Crippen LogP contribution in [0.2, 0.25) is 0 Å². The lowest BCUT2D eigenvalue weighted by Crippen LogP contribution is -2.58. The summed E-state index contributed by atoms with van der Waals surface area (Å²) in [6.45, 7) is 1.51. The Kier molecular flexibility index (Phi) is 1.08. The molecule has 0 amide bonds. The minimum atomic E-state index is -0.263. The predicted molar refractivity (Wildman–Crippen MR) is 56.4 cm³/mol. The molecule has 1 N–H and O–H groups in total. The van der Waals surface area contributed by atoms with Gasteiger partial charge in [-0.15, -0.1) is 0 Å². The molecule has 0 radical (unpaired) electrons. The summed E-state index contributed by atoms with van der Waals surface area (Å²) in [5.41, 5.74) is 1.11. The highest BCUT2D eigenvalue weighted by molar-refractivity contribution is 5.96. The molecule has 0 aromatic carbocycles. The highest BCUT2D eigenvalue weighted by Gasteiger charge is 2.88. The van der Waals surface area contributed by atoms with E-state index in [1.807, 2.05) is 0 Å². The van der Waals surface area contributed by atoms with Crippen molar-refractivity contribution in [2.24, 2.45) is 52.5 Å². The van der Waals surface area contributed by atoms with E-state index >= 15 is 0 Å². The molecule has 4 heteroatoms. The molecule has 0 aromatic rings. The molecule has 17 heavy (non-hydrogen) atoms. The zero-order valence-electron chi connectivity index (χ0n) is 9.45. The average Bonchev–Trinajstić information content (AvgIpc) is 2.95. The average molecular weight is 233 g/mol. The van der Waals surface area contributed by atoms with Crippen LogP contribution in [0.15, 0.2) is 5.16 Å². The van der Waals surface area contributed by atoms with Gasteiger partial charge in [0.1, 0.15) is 0 Å². The van der Waals surface area contributed by atoms with Crippen molar-refractivity contribution in [2.45, 2.75) is 12.2 Å². The summed E-state index contributed by atoms with van der Waals surface area (Å²) in [5, 5.41) is 13.0. The van der Waals surface area contributed by atoms with Crippen LogP contribution in [-0.2, 0) is 9.47 Å². The maximum atomic E-state index is 9.32. The Morgan fingerprint density at radius 1 is 1.06 bits per heavy atom. The maximum absolute atomic E-state index is 9.32. The number of oxime groups is 1. The first-order valence-corrected chi connectivity index (χ1v) is 6.88. The van der Waals surface area contributed by atoms with E-state index < -0.39 is 0 Å². The van der Waals surface area contributed by atoms with Crippen LogP contribution in [-0.4, -0.2) is 29.9 Å². The van der Waals surface area contributed by atoms with Crippen LogP contribution in [0.1, 0.15) is 6.42 Å². The molecule has 0 aromatic heterocycles. The molecule has 8 atom stereocenters. The van der Waals surface area contributed by atoms with E-state index in [1.165, 1.54) is 6.42 Å². The Hall–Kier alpha value is -0.610. The normalized spacial score (nSPS) is 68.8. The molecule has 90 valence electrons. The quantitative estimate of drug-likeness (QED) is 0.500. The standard InChI is InChI=1S/C13H15NO3/c15-14-12-8-4-3-5-7-6(4)9(12)11(7)13(10(5)8)16-1-2-17-13/h4-11,15H,1-3H2. The molecular weight excluding hydrogens is 218 g/mol. The van der Waals surface area contributed by atoms with Crippen molar-refractivity contribution in [1.82, 2.24) is 0 Å². The Labute approximate surface area is 99.0 Å². The molecule has 6 aliphatic rings. The highest BCUT2D eigenvalue weighted by Crippen LogP contribution is 2.85. The molecule has 1 spiro atoms. The van der Waals surface area contributed by atoms with E-state index in [4.69, 9.17) is 9.47 Å². The molecule has 8 unspecified atom stereocenters. The van der Waals surface area contributed by atoms with E-state index in [9.17, 15) is 5.21 Å². The van der Waals surface area contributed by atoms with Crippen molar-refractivity contribution in [3.8, 4) is 0 Å². The fourth-order valence-corrected chi connectivity index (χ4v) is 7.11. The van der Waals surface area contributed by atoms with Crippen molar-refractivity contribution < 1.29 is 14.7 Å². The number of ether oxygens (including phenoxy) is 2. The summed E-state index contributed by atoms with van der Waals surface area (Å²) < 4.78 is 12.2. The third-order valence-electron chi connectivity index (χ3n) is 6.97. The predicted octanol–water partition coefficient (Wildman–Crippen LogP) is 0.947. The second kappa shape index (κ2) is 2.16. The van der Waals surface area contributed by atoms with Gasteiger partial charge in [0.25, 0.3) is 0 Å². The summed E-state index contributed by atoms with van der Waals surface area (Å²) in [7, 11) is 0. The summed E-state index contributed by atoms with van der Waals surface area (Å²) in [6.07, 6.45) is 1.34. The summed E-state index contributed by atoms with van der Waals surface area (Å²) in [6, 6.07) is 0. The van der Waals surface area contributed by atoms with Crippen molar-refractivity contribution in [1.29, 1.82) is 0 Å². The van der Waals surface area contributed by atoms with E-state index in [2.05, 4.69) is 5.16 Å². The summed E-state index contributed by atoms with van der Waals surface area (Å²) in [5.74, 6) is 4.94. The monoisotopic (exact) mass is 233 g/mol. The molecule has 4 nitrogen and oxygen atoms in total. The Bertz CT molecular complexity index is 469. The van der Waals surface area contributed by atoms with Crippen molar-refractivity contribution >= 4 is 5.71 Å². The minimum Gasteiger partial charge on any atom is -0.411 e. The third kappa shape index (κ3) is 0.557. The van der Waals surface area contributed by atoms with Gasteiger partial charge in [0, 0.05) is 23.7 Å². The van der Waals surface area contributed by atoms with Crippen molar-refractivity contribution in [3.63, 3.8) is 0 Å². The highest BCUT2D eigenvalue weighted by atomic mass is 16.7. The number of hydrogen-bond donors (Lipinski definition) is 1. The Morgan fingerprint density at radius 3 is 2.65 bits per heavy atom. The van der Waals surface area contributed by atoms with Crippen LogP contribution in [0.4, 0.5) is 0 Å². The van der Waals surface area contributed by atoms with E-state index in [1.54, 1.807) is 0 Å². The van der Waals surface area contributed by atoms with Crippen LogP contribution in [0.5, 0.6) is 0 Å². The van der Waals surface area contributed by atoms with E-state index in [0.717, 1.165) is 42.6 Å².